The Labute approximate surface area is 141 Å². The lowest BCUT2D eigenvalue weighted by Crippen LogP contribution is -2.36. The molecule has 7 heteroatoms. The molecule has 2 aromatic rings. The molecular formula is C16H11Cl2NO4. The fourth-order valence-electron chi connectivity index (χ4n) is 2.58. The summed E-state index contributed by atoms with van der Waals surface area (Å²) in [5.41, 5.74) is -1.70. The van der Waals surface area contributed by atoms with Gasteiger partial charge in [0.15, 0.2) is 11.4 Å². The van der Waals surface area contributed by atoms with Crippen LogP contribution >= 0.6 is 23.2 Å². The first-order chi connectivity index (χ1) is 10.8. The predicted molar refractivity (Wildman–Crippen MR) is 86.0 cm³/mol. The Morgan fingerprint density at radius 3 is 2.61 bits per heavy atom. The normalized spacial score (nSPS) is 19.3. The summed E-state index contributed by atoms with van der Waals surface area (Å²) in [4.78, 5) is 24.6. The number of para-hydroxylation sites is 1. The van der Waals surface area contributed by atoms with E-state index in [2.05, 4.69) is 5.32 Å². The van der Waals surface area contributed by atoms with Gasteiger partial charge in [0.05, 0.1) is 22.7 Å². The number of Topliss-reactive ketones (excluding diaryl/α,β-unsaturated/α-hetero) is 1. The lowest BCUT2D eigenvalue weighted by molar-refractivity contribution is -0.133. The maximum atomic E-state index is 12.4. The summed E-state index contributed by atoms with van der Waals surface area (Å²) in [6.45, 7) is 0. The minimum absolute atomic E-state index is 0.0234. The molecule has 118 valence electrons. The molecular weight excluding hydrogens is 341 g/mol. The first-order valence-corrected chi connectivity index (χ1v) is 7.43. The van der Waals surface area contributed by atoms with Gasteiger partial charge >= 0.3 is 0 Å². The van der Waals surface area contributed by atoms with Gasteiger partial charge < -0.3 is 15.5 Å². The second-order valence-corrected chi connectivity index (χ2v) is 6.09. The van der Waals surface area contributed by atoms with Crippen LogP contribution in [0.25, 0.3) is 0 Å². The second kappa shape index (κ2) is 5.53. The van der Waals surface area contributed by atoms with Crippen molar-refractivity contribution in [2.75, 3.05) is 5.32 Å². The van der Waals surface area contributed by atoms with Crippen molar-refractivity contribution in [3.63, 3.8) is 0 Å². The van der Waals surface area contributed by atoms with E-state index in [4.69, 9.17) is 23.2 Å². The topological polar surface area (TPSA) is 86.6 Å². The van der Waals surface area contributed by atoms with Crippen molar-refractivity contribution in [3.8, 4) is 5.75 Å². The Morgan fingerprint density at radius 1 is 1.22 bits per heavy atom. The predicted octanol–water partition coefficient (Wildman–Crippen LogP) is 3.11. The smallest absolute Gasteiger partial charge is 0.261 e. The van der Waals surface area contributed by atoms with Crippen LogP contribution in [0.5, 0.6) is 5.75 Å². The largest absolute Gasteiger partial charge is 0.507 e. The van der Waals surface area contributed by atoms with Crippen LogP contribution in [0.2, 0.25) is 10.0 Å². The summed E-state index contributed by atoms with van der Waals surface area (Å²) >= 11 is 11.9. The number of benzene rings is 2. The highest BCUT2D eigenvalue weighted by Crippen LogP contribution is 2.44. The monoisotopic (exact) mass is 351 g/mol. The van der Waals surface area contributed by atoms with Crippen LogP contribution in [0.3, 0.4) is 0 Å². The van der Waals surface area contributed by atoms with Crippen LogP contribution in [0.1, 0.15) is 22.3 Å². The molecule has 5 nitrogen and oxygen atoms in total. The molecule has 2 aromatic carbocycles. The number of hydrogen-bond donors (Lipinski definition) is 3. The average molecular weight is 352 g/mol. The van der Waals surface area contributed by atoms with E-state index in [1.807, 2.05) is 0 Å². The molecule has 1 aliphatic heterocycles. The summed E-state index contributed by atoms with van der Waals surface area (Å²) in [5.74, 6) is -1.56. The SMILES string of the molecule is O=C(C[C@@]1(O)C(=O)Nc2c(Cl)cc(Cl)cc21)c1ccccc1O. The molecule has 1 aliphatic rings. The number of ketones is 1. The second-order valence-electron chi connectivity index (χ2n) is 5.24. The Hall–Kier alpha value is -2.08. The molecule has 0 fully saturated rings. The zero-order valence-corrected chi connectivity index (χ0v) is 13.1. The van der Waals surface area contributed by atoms with E-state index in [0.717, 1.165) is 0 Å². The molecule has 23 heavy (non-hydrogen) atoms. The maximum Gasteiger partial charge on any atom is 0.261 e. The minimum Gasteiger partial charge on any atom is -0.507 e. The number of carbonyl (C=O) groups excluding carboxylic acids is 2. The molecule has 1 amide bonds. The fraction of sp³-hybridized carbons (Fsp3) is 0.125. The zero-order chi connectivity index (χ0) is 16.8. The third-order valence-corrected chi connectivity index (χ3v) is 4.25. The van der Waals surface area contributed by atoms with Crippen LogP contribution < -0.4 is 5.32 Å². The summed E-state index contributed by atoms with van der Waals surface area (Å²) in [7, 11) is 0. The summed E-state index contributed by atoms with van der Waals surface area (Å²) in [5, 5.41) is 23.4. The van der Waals surface area contributed by atoms with Gasteiger partial charge in [-0.1, -0.05) is 35.3 Å². The van der Waals surface area contributed by atoms with Crippen LogP contribution in [0, 0.1) is 0 Å². The molecule has 3 rings (SSSR count). The van der Waals surface area contributed by atoms with Gasteiger partial charge in [0.1, 0.15) is 5.75 Å². The molecule has 0 saturated carbocycles. The molecule has 0 aliphatic carbocycles. The Balaban J connectivity index is 2.02. The number of phenols is 1. The van der Waals surface area contributed by atoms with Crippen molar-refractivity contribution in [1.29, 1.82) is 0 Å². The molecule has 3 N–H and O–H groups in total. The minimum atomic E-state index is -2.09. The van der Waals surface area contributed by atoms with Crippen LogP contribution in [-0.2, 0) is 10.4 Å². The van der Waals surface area contributed by atoms with Crippen molar-refractivity contribution >= 4 is 40.6 Å². The first kappa shape index (κ1) is 15.8. The highest BCUT2D eigenvalue weighted by atomic mass is 35.5. The zero-order valence-electron chi connectivity index (χ0n) is 11.6. The Kier molecular flexibility index (Phi) is 3.80. The van der Waals surface area contributed by atoms with Crippen molar-refractivity contribution in [2.24, 2.45) is 0 Å². The number of carbonyl (C=O) groups is 2. The highest BCUT2D eigenvalue weighted by molar-refractivity contribution is 6.37. The van der Waals surface area contributed by atoms with E-state index in [9.17, 15) is 19.8 Å². The Morgan fingerprint density at radius 2 is 1.91 bits per heavy atom. The number of fused-ring (bicyclic) bond motifs is 1. The van der Waals surface area contributed by atoms with Gasteiger partial charge in [-0.3, -0.25) is 9.59 Å². The number of amides is 1. The van der Waals surface area contributed by atoms with Crippen LogP contribution in [-0.4, -0.2) is 21.9 Å². The lowest BCUT2D eigenvalue weighted by atomic mass is 9.88. The lowest BCUT2D eigenvalue weighted by Gasteiger charge is -2.20. The van der Waals surface area contributed by atoms with Gasteiger partial charge in [-0.15, -0.1) is 0 Å². The number of aliphatic hydroxyl groups is 1. The number of hydrogen-bond acceptors (Lipinski definition) is 4. The standard InChI is InChI=1S/C16H11Cl2NO4/c17-8-5-10-14(11(18)6-8)19-15(22)16(10,23)7-13(21)9-3-1-2-4-12(9)20/h1-6,20,23H,7H2,(H,19,22)/t16-/m0/s1. The van der Waals surface area contributed by atoms with Gasteiger partial charge in [0, 0.05) is 10.6 Å². The number of phenolic OH excluding ortho intramolecular Hbond substituents is 1. The van der Waals surface area contributed by atoms with Gasteiger partial charge in [-0.2, -0.15) is 0 Å². The van der Waals surface area contributed by atoms with Gasteiger partial charge in [0.25, 0.3) is 5.91 Å². The number of halogens is 2. The summed E-state index contributed by atoms with van der Waals surface area (Å²) < 4.78 is 0. The number of anilines is 1. The van der Waals surface area contributed by atoms with Crippen molar-refractivity contribution in [1.82, 2.24) is 0 Å². The maximum absolute atomic E-state index is 12.4. The van der Waals surface area contributed by atoms with E-state index in [-0.39, 0.29) is 32.6 Å². The molecule has 0 unspecified atom stereocenters. The molecule has 0 spiro atoms. The van der Waals surface area contributed by atoms with Crippen LogP contribution in [0.4, 0.5) is 5.69 Å². The highest BCUT2D eigenvalue weighted by Gasteiger charge is 2.48. The van der Waals surface area contributed by atoms with Crippen molar-refractivity contribution in [2.45, 2.75) is 12.0 Å². The molecule has 1 heterocycles. The first-order valence-electron chi connectivity index (χ1n) is 6.67. The Bertz CT molecular complexity index is 837. The molecule has 0 radical (unpaired) electrons. The van der Waals surface area contributed by atoms with Crippen molar-refractivity contribution < 1.29 is 19.8 Å². The number of nitrogens with one attached hydrogen (secondary N) is 1. The van der Waals surface area contributed by atoms with Gasteiger partial charge in [-0.05, 0) is 24.3 Å². The molecule has 1 atom stereocenters. The number of rotatable bonds is 3. The third kappa shape index (κ3) is 2.57. The average Bonchev–Trinajstić information content (AvgIpc) is 2.72. The van der Waals surface area contributed by atoms with E-state index < -0.39 is 23.7 Å². The van der Waals surface area contributed by atoms with Gasteiger partial charge in [0.2, 0.25) is 0 Å². The van der Waals surface area contributed by atoms with E-state index in [1.54, 1.807) is 12.1 Å². The quantitative estimate of drug-likeness (QED) is 0.741. The van der Waals surface area contributed by atoms with E-state index in [1.165, 1.54) is 24.3 Å². The summed E-state index contributed by atoms with van der Waals surface area (Å²) in [6.07, 6.45) is -0.542. The number of aromatic hydroxyl groups is 1. The van der Waals surface area contributed by atoms with Crippen LogP contribution in [0.15, 0.2) is 36.4 Å². The summed E-state index contributed by atoms with van der Waals surface area (Å²) in [6, 6.07) is 8.73. The fourth-order valence-corrected chi connectivity index (χ4v) is 3.12. The van der Waals surface area contributed by atoms with Gasteiger partial charge in [-0.25, -0.2) is 0 Å². The van der Waals surface area contributed by atoms with E-state index >= 15 is 0 Å². The molecule has 0 saturated heterocycles. The van der Waals surface area contributed by atoms with E-state index in [0.29, 0.717) is 0 Å². The molecule has 0 aromatic heterocycles. The molecule has 0 bridgehead atoms. The third-order valence-electron chi connectivity index (χ3n) is 3.74. The van der Waals surface area contributed by atoms with Crippen molar-refractivity contribution in [3.05, 3.63) is 57.6 Å².